The van der Waals surface area contributed by atoms with Crippen molar-refractivity contribution in [3.8, 4) is 0 Å². The second-order valence-corrected chi connectivity index (χ2v) is 4.04. The van der Waals surface area contributed by atoms with Crippen molar-refractivity contribution in [2.75, 3.05) is 19.0 Å². The first-order valence-electron chi connectivity index (χ1n) is 5.35. The number of carboxylic acids is 1. The molecule has 0 aliphatic carbocycles. The lowest BCUT2D eigenvalue weighted by Gasteiger charge is -2.21. The topological polar surface area (TPSA) is 84.3 Å². The minimum absolute atomic E-state index is 0.0679. The van der Waals surface area contributed by atoms with E-state index in [2.05, 4.69) is 15.3 Å². The minimum Gasteiger partial charge on any atom is -0.476 e. The monoisotopic (exact) mass is 239 g/mol. The van der Waals surface area contributed by atoms with Gasteiger partial charge in [-0.3, -0.25) is 4.98 Å². The van der Waals surface area contributed by atoms with E-state index < -0.39 is 5.97 Å². The number of nitrogens with zero attached hydrogens (tertiary/aromatic N) is 2. The smallest absolute Gasteiger partial charge is 0.356 e. The Kier molecular flexibility index (Phi) is 4.84. The van der Waals surface area contributed by atoms with Crippen LogP contribution in [0.2, 0.25) is 0 Å². The predicted molar refractivity (Wildman–Crippen MR) is 63.1 cm³/mol. The van der Waals surface area contributed by atoms with Crippen molar-refractivity contribution in [1.29, 1.82) is 0 Å². The highest BCUT2D eigenvalue weighted by Gasteiger charge is 2.14. The van der Waals surface area contributed by atoms with Crippen molar-refractivity contribution >= 4 is 11.8 Å². The summed E-state index contributed by atoms with van der Waals surface area (Å²) in [5.74, 6) is -0.306. The standard InChI is InChI=1S/C11H17N3O3/c1-7(2)9(6-17-3)14-10-5-12-4-8(13-10)11(15)16/h4-5,7,9H,6H2,1-3H3,(H,13,14)(H,15,16). The second kappa shape index (κ2) is 6.15. The van der Waals surface area contributed by atoms with E-state index in [-0.39, 0.29) is 11.7 Å². The molecule has 6 heteroatoms. The lowest BCUT2D eigenvalue weighted by Crippen LogP contribution is -2.31. The summed E-state index contributed by atoms with van der Waals surface area (Å²) in [5.41, 5.74) is -0.0741. The number of methoxy groups -OCH3 is 1. The number of nitrogens with one attached hydrogen (secondary N) is 1. The molecule has 0 bridgehead atoms. The van der Waals surface area contributed by atoms with Crippen LogP contribution in [0, 0.1) is 5.92 Å². The maximum Gasteiger partial charge on any atom is 0.356 e. The van der Waals surface area contributed by atoms with E-state index in [1.807, 2.05) is 13.8 Å². The van der Waals surface area contributed by atoms with E-state index in [1.54, 1.807) is 7.11 Å². The number of aromatic nitrogens is 2. The van der Waals surface area contributed by atoms with Gasteiger partial charge in [-0.2, -0.15) is 0 Å². The number of carboxylic acid groups (broad SMARTS) is 1. The van der Waals surface area contributed by atoms with Crippen LogP contribution >= 0.6 is 0 Å². The number of hydrogen-bond acceptors (Lipinski definition) is 5. The number of rotatable bonds is 6. The van der Waals surface area contributed by atoms with Crippen molar-refractivity contribution in [2.45, 2.75) is 19.9 Å². The molecule has 1 heterocycles. The third kappa shape index (κ3) is 3.99. The van der Waals surface area contributed by atoms with Gasteiger partial charge in [-0.15, -0.1) is 0 Å². The minimum atomic E-state index is -1.09. The van der Waals surface area contributed by atoms with Crippen molar-refractivity contribution < 1.29 is 14.6 Å². The summed E-state index contributed by atoms with van der Waals surface area (Å²) < 4.78 is 5.09. The fourth-order valence-electron chi connectivity index (χ4n) is 1.31. The zero-order valence-corrected chi connectivity index (χ0v) is 10.2. The average Bonchev–Trinajstić information content (AvgIpc) is 2.28. The molecule has 0 aromatic carbocycles. The molecule has 94 valence electrons. The number of carbonyl (C=O) groups is 1. The highest BCUT2D eigenvalue weighted by Crippen LogP contribution is 2.10. The van der Waals surface area contributed by atoms with Gasteiger partial charge >= 0.3 is 5.97 Å². The average molecular weight is 239 g/mol. The Morgan fingerprint density at radius 1 is 1.53 bits per heavy atom. The van der Waals surface area contributed by atoms with Gasteiger partial charge in [0.1, 0.15) is 5.82 Å². The number of hydrogen-bond donors (Lipinski definition) is 2. The van der Waals surface area contributed by atoms with Crippen LogP contribution in [-0.2, 0) is 4.74 Å². The third-order valence-electron chi connectivity index (χ3n) is 2.34. The molecule has 0 aliphatic rings. The van der Waals surface area contributed by atoms with Crippen molar-refractivity contribution in [3.63, 3.8) is 0 Å². The van der Waals surface area contributed by atoms with Gasteiger partial charge in [-0.25, -0.2) is 9.78 Å². The van der Waals surface area contributed by atoms with Crippen LogP contribution in [0.1, 0.15) is 24.3 Å². The largest absolute Gasteiger partial charge is 0.476 e. The van der Waals surface area contributed by atoms with E-state index in [1.165, 1.54) is 12.4 Å². The molecule has 1 atom stereocenters. The molecule has 1 rings (SSSR count). The van der Waals surface area contributed by atoms with E-state index >= 15 is 0 Å². The molecular weight excluding hydrogens is 222 g/mol. The number of aromatic carboxylic acids is 1. The highest BCUT2D eigenvalue weighted by atomic mass is 16.5. The fraction of sp³-hybridized carbons (Fsp3) is 0.545. The van der Waals surface area contributed by atoms with Crippen molar-refractivity contribution in [2.24, 2.45) is 5.92 Å². The summed E-state index contributed by atoms with van der Waals surface area (Å²) >= 11 is 0. The maximum absolute atomic E-state index is 10.7. The quantitative estimate of drug-likeness (QED) is 0.777. The Bertz CT molecular complexity index is 382. The van der Waals surface area contributed by atoms with E-state index in [0.717, 1.165) is 0 Å². The highest BCUT2D eigenvalue weighted by molar-refractivity contribution is 5.85. The van der Waals surface area contributed by atoms with Gasteiger partial charge in [0, 0.05) is 7.11 Å². The Morgan fingerprint density at radius 2 is 2.24 bits per heavy atom. The van der Waals surface area contributed by atoms with Crippen LogP contribution in [-0.4, -0.2) is 40.8 Å². The van der Waals surface area contributed by atoms with E-state index in [4.69, 9.17) is 9.84 Å². The summed E-state index contributed by atoms with van der Waals surface area (Å²) in [5, 5.41) is 11.9. The maximum atomic E-state index is 10.7. The van der Waals surface area contributed by atoms with E-state index in [9.17, 15) is 4.79 Å². The van der Waals surface area contributed by atoms with Gasteiger partial charge in [0.15, 0.2) is 5.69 Å². The van der Waals surface area contributed by atoms with Crippen LogP contribution in [0.25, 0.3) is 0 Å². The summed E-state index contributed by atoms with van der Waals surface area (Å²) in [7, 11) is 1.62. The van der Waals surface area contributed by atoms with Crippen LogP contribution in [0.15, 0.2) is 12.4 Å². The van der Waals surface area contributed by atoms with Crippen LogP contribution in [0.3, 0.4) is 0 Å². The zero-order chi connectivity index (χ0) is 12.8. The number of ether oxygens (including phenoxy) is 1. The summed E-state index contributed by atoms with van der Waals surface area (Å²) in [6.07, 6.45) is 2.71. The first kappa shape index (κ1) is 13.4. The molecule has 0 radical (unpaired) electrons. The van der Waals surface area contributed by atoms with Gasteiger partial charge in [0.05, 0.1) is 25.0 Å². The summed E-state index contributed by atoms with van der Waals surface area (Å²) in [6.45, 7) is 4.62. The normalized spacial score (nSPS) is 12.5. The third-order valence-corrected chi connectivity index (χ3v) is 2.34. The van der Waals surface area contributed by atoms with Gasteiger partial charge in [0.25, 0.3) is 0 Å². The molecule has 0 amide bonds. The van der Waals surface area contributed by atoms with Crippen molar-refractivity contribution in [3.05, 3.63) is 18.1 Å². The molecule has 1 aromatic heterocycles. The van der Waals surface area contributed by atoms with Crippen LogP contribution in [0.4, 0.5) is 5.82 Å². The summed E-state index contributed by atoms with van der Waals surface area (Å²) in [6, 6.07) is 0.0679. The molecule has 0 saturated heterocycles. The first-order valence-corrected chi connectivity index (χ1v) is 5.35. The first-order chi connectivity index (χ1) is 8.04. The van der Waals surface area contributed by atoms with Gasteiger partial charge < -0.3 is 15.2 Å². The Morgan fingerprint density at radius 3 is 2.76 bits per heavy atom. The zero-order valence-electron chi connectivity index (χ0n) is 10.2. The molecule has 0 fully saturated rings. The Labute approximate surface area is 100 Å². The van der Waals surface area contributed by atoms with Gasteiger partial charge in [-0.1, -0.05) is 13.8 Å². The van der Waals surface area contributed by atoms with Crippen molar-refractivity contribution in [1.82, 2.24) is 9.97 Å². The molecule has 1 aromatic rings. The molecule has 0 saturated carbocycles. The Balaban J connectivity index is 2.78. The summed E-state index contributed by atoms with van der Waals surface area (Å²) in [4.78, 5) is 18.5. The molecule has 0 spiro atoms. The fourth-order valence-corrected chi connectivity index (χ4v) is 1.31. The molecule has 1 unspecified atom stereocenters. The number of anilines is 1. The predicted octanol–water partition coefficient (Wildman–Crippen LogP) is 1.26. The lowest BCUT2D eigenvalue weighted by molar-refractivity contribution is 0.0690. The lowest BCUT2D eigenvalue weighted by atomic mass is 10.1. The molecule has 0 aliphatic heterocycles. The van der Waals surface area contributed by atoms with Crippen LogP contribution < -0.4 is 5.32 Å². The van der Waals surface area contributed by atoms with Gasteiger partial charge in [-0.05, 0) is 5.92 Å². The van der Waals surface area contributed by atoms with E-state index in [0.29, 0.717) is 18.3 Å². The Hall–Kier alpha value is -1.69. The molecule has 2 N–H and O–H groups in total. The van der Waals surface area contributed by atoms with Gasteiger partial charge in [0.2, 0.25) is 0 Å². The molecule has 6 nitrogen and oxygen atoms in total. The molecule has 17 heavy (non-hydrogen) atoms. The molecular formula is C11H17N3O3. The SMILES string of the molecule is COCC(Nc1cncc(C(=O)O)n1)C(C)C. The second-order valence-electron chi connectivity index (χ2n) is 4.04. The van der Waals surface area contributed by atoms with Crippen LogP contribution in [0.5, 0.6) is 0 Å².